The molecule has 2 nitrogen and oxygen atoms in total. The second-order valence-electron chi connectivity index (χ2n) is 2.83. The smallest absolute Gasteiger partial charge is 0.166 e. The van der Waals surface area contributed by atoms with E-state index in [-0.39, 0.29) is 17.1 Å². The Morgan fingerprint density at radius 2 is 2.23 bits per heavy atom. The van der Waals surface area contributed by atoms with Crippen LogP contribution in [0.4, 0.5) is 4.39 Å². The van der Waals surface area contributed by atoms with Gasteiger partial charge in [0.05, 0.1) is 5.56 Å². The first-order valence-corrected chi connectivity index (χ1v) is 4.17. The molecule has 0 aliphatic heterocycles. The average molecular weight is 182 g/mol. The molecular weight excluding hydrogens is 171 g/mol. The number of hydrogen-bond donors (Lipinski definition) is 1. The van der Waals surface area contributed by atoms with Crippen molar-refractivity contribution in [1.82, 2.24) is 0 Å². The van der Waals surface area contributed by atoms with E-state index in [0.29, 0.717) is 6.42 Å². The molecule has 70 valence electrons. The minimum Gasteiger partial charge on any atom is -0.507 e. The highest BCUT2D eigenvalue weighted by molar-refractivity contribution is 5.98. The second kappa shape index (κ2) is 4.03. The molecule has 0 amide bonds. The van der Waals surface area contributed by atoms with Gasteiger partial charge in [-0.15, -0.1) is 0 Å². The maximum atomic E-state index is 12.5. The van der Waals surface area contributed by atoms with E-state index in [1.165, 1.54) is 12.1 Å². The van der Waals surface area contributed by atoms with E-state index in [0.717, 1.165) is 12.5 Å². The minimum atomic E-state index is -0.537. The van der Waals surface area contributed by atoms with Crippen LogP contribution in [-0.4, -0.2) is 10.9 Å². The molecule has 0 aliphatic rings. The largest absolute Gasteiger partial charge is 0.507 e. The number of phenols is 1. The lowest BCUT2D eigenvalue weighted by Gasteiger charge is -2.01. The monoisotopic (exact) mass is 182 g/mol. The van der Waals surface area contributed by atoms with Crippen LogP contribution in [0.5, 0.6) is 5.75 Å². The minimum absolute atomic E-state index is 0.153. The predicted octanol–water partition coefficient (Wildman–Crippen LogP) is 2.51. The van der Waals surface area contributed by atoms with Crippen LogP contribution in [0.15, 0.2) is 18.2 Å². The molecule has 0 saturated carbocycles. The SMILES string of the molecule is CCCC(=O)c1ccc(F)cc1O. The van der Waals surface area contributed by atoms with Crippen molar-refractivity contribution < 1.29 is 14.3 Å². The Hall–Kier alpha value is -1.38. The molecule has 0 atom stereocenters. The van der Waals surface area contributed by atoms with Gasteiger partial charge in [0.1, 0.15) is 11.6 Å². The normalized spacial score (nSPS) is 10.0. The number of halogens is 1. The van der Waals surface area contributed by atoms with Crippen molar-refractivity contribution in [3.63, 3.8) is 0 Å². The van der Waals surface area contributed by atoms with Gasteiger partial charge in [0, 0.05) is 12.5 Å². The Kier molecular flexibility index (Phi) is 3.01. The Bertz CT molecular complexity index is 321. The van der Waals surface area contributed by atoms with Crippen LogP contribution in [0.3, 0.4) is 0 Å². The van der Waals surface area contributed by atoms with Crippen LogP contribution in [-0.2, 0) is 0 Å². The van der Waals surface area contributed by atoms with Crippen molar-refractivity contribution in [3.05, 3.63) is 29.6 Å². The first-order chi connectivity index (χ1) is 6.15. The number of aromatic hydroxyl groups is 1. The molecule has 0 spiro atoms. The van der Waals surface area contributed by atoms with Crippen LogP contribution in [0.1, 0.15) is 30.1 Å². The number of ketones is 1. The zero-order valence-corrected chi connectivity index (χ0v) is 7.38. The predicted molar refractivity (Wildman–Crippen MR) is 47.3 cm³/mol. The summed E-state index contributed by atoms with van der Waals surface area (Å²) >= 11 is 0. The summed E-state index contributed by atoms with van der Waals surface area (Å²) in [5.74, 6) is -0.969. The standard InChI is InChI=1S/C10H11FO2/c1-2-3-9(12)8-5-4-7(11)6-10(8)13/h4-6,13H,2-3H2,1H3. The summed E-state index contributed by atoms with van der Waals surface area (Å²) in [7, 11) is 0. The first kappa shape index (κ1) is 9.71. The molecule has 0 heterocycles. The Morgan fingerprint density at radius 3 is 2.77 bits per heavy atom. The van der Waals surface area contributed by atoms with Gasteiger partial charge in [0.15, 0.2) is 5.78 Å². The van der Waals surface area contributed by atoms with E-state index < -0.39 is 5.82 Å². The van der Waals surface area contributed by atoms with Crippen LogP contribution in [0.2, 0.25) is 0 Å². The molecule has 13 heavy (non-hydrogen) atoms. The summed E-state index contributed by atoms with van der Waals surface area (Å²) in [5, 5.41) is 9.23. The molecule has 0 unspecified atom stereocenters. The van der Waals surface area contributed by atoms with Crippen molar-refractivity contribution in [2.45, 2.75) is 19.8 Å². The van der Waals surface area contributed by atoms with E-state index in [2.05, 4.69) is 0 Å². The van der Waals surface area contributed by atoms with E-state index in [1.54, 1.807) is 0 Å². The maximum Gasteiger partial charge on any atom is 0.166 e. The molecule has 1 N–H and O–H groups in total. The number of rotatable bonds is 3. The topological polar surface area (TPSA) is 37.3 Å². The van der Waals surface area contributed by atoms with E-state index in [1.807, 2.05) is 6.92 Å². The van der Waals surface area contributed by atoms with Gasteiger partial charge in [0.2, 0.25) is 0 Å². The Morgan fingerprint density at radius 1 is 1.54 bits per heavy atom. The van der Waals surface area contributed by atoms with Gasteiger partial charge >= 0.3 is 0 Å². The number of Topliss-reactive ketones (excluding diaryl/α,β-unsaturated/α-hetero) is 1. The quantitative estimate of drug-likeness (QED) is 0.729. The molecular formula is C10H11FO2. The molecule has 3 heteroatoms. The van der Waals surface area contributed by atoms with Gasteiger partial charge in [-0.2, -0.15) is 0 Å². The highest BCUT2D eigenvalue weighted by atomic mass is 19.1. The van der Waals surface area contributed by atoms with Crippen molar-refractivity contribution in [2.75, 3.05) is 0 Å². The lowest BCUT2D eigenvalue weighted by molar-refractivity contribution is 0.0979. The van der Waals surface area contributed by atoms with Crippen molar-refractivity contribution in [1.29, 1.82) is 0 Å². The highest BCUT2D eigenvalue weighted by Crippen LogP contribution is 2.19. The van der Waals surface area contributed by atoms with Gasteiger partial charge in [-0.05, 0) is 18.6 Å². The van der Waals surface area contributed by atoms with Crippen molar-refractivity contribution >= 4 is 5.78 Å². The third-order valence-electron chi connectivity index (χ3n) is 1.74. The third kappa shape index (κ3) is 2.28. The second-order valence-corrected chi connectivity index (χ2v) is 2.83. The fourth-order valence-electron chi connectivity index (χ4n) is 1.10. The van der Waals surface area contributed by atoms with E-state index >= 15 is 0 Å². The lowest BCUT2D eigenvalue weighted by atomic mass is 10.1. The van der Waals surface area contributed by atoms with Crippen LogP contribution < -0.4 is 0 Å². The fraction of sp³-hybridized carbons (Fsp3) is 0.300. The van der Waals surface area contributed by atoms with Gasteiger partial charge < -0.3 is 5.11 Å². The van der Waals surface area contributed by atoms with Gasteiger partial charge in [-0.3, -0.25) is 4.79 Å². The van der Waals surface area contributed by atoms with Crippen LogP contribution in [0, 0.1) is 5.82 Å². The third-order valence-corrected chi connectivity index (χ3v) is 1.74. The maximum absolute atomic E-state index is 12.5. The molecule has 1 rings (SSSR count). The highest BCUT2D eigenvalue weighted by Gasteiger charge is 2.10. The summed E-state index contributed by atoms with van der Waals surface area (Å²) < 4.78 is 12.5. The number of carbonyl (C=O) groups excluding carboxylic acids is 1. The Labute approximate surface area is 76.0 Å². The zero-order valence-electron chi connectivity index (χ0n) is 7.38. The molecule has 1 aromatic carbocycles. The van der Waals surface area contributed by atoms with E-state index in [4.69, 9.17) is 0 Å². The van der Waals surface area contributed by atoms with Gasteiger partial charge in [-0.1, -0.05) is 6.92 Å². The number of benzene rings is 1. The van der Waals surface area contributed by atoms with Crippen molar-refractivity contribution in [3.8, 4) is 5.75 Å². The number of phenolic OH excluding ortho intramolecular Hbond substituents is 1. The molecule has 0 aromatic heterocycles. The fourth-order valence-corrected chi connectivity index (χ4v) is 1.10. The molecule has 0 bridgehead atoms. The van der Waals surface area contributed by atoms with Gasteiger partial charge in [0.25, 0.3) is 0 Å². The van der Waals surface area contributed by atoms with Crippen molar-refractivity contribution in [2.24, 2.45) is 0 Å². The van der Waals surface area contributed by atoms with E-state index in [9.17, 15) is 14.3 Å². The molecule has 0 saturated heterocycles. The molecule has 1 aromatic rings. The van der Waals surface area contributed by atoms with Crippen LogP contribution in [0.25, 0.3) is 0 Å². The molecule has 0 radical (unpaired) electrons. The summed E-state index contributed by atoms with van der Waals surface area (Å²) in [6.07, 6.45) is 1.09. The molecule has 0 fully saturated rings. The lowest BCUT2D eigenvalue weighted by Crippen LogP contribution is -1.98. The number of carbonyl (C=O) groups is 1. The molecule has 0 aliphatic carbocycles. The van der Waals surface area contributed by atoms with Crippen LogP contribution >= 0.6 is 0 Å². The summed E-state index contributed by atoms with van der Waals surface area (Å²) in [5.41, 5.74) is 0.197. The summed E-state index contributed by atoms with van der Waals surface area (Å²) in [6, 6.07) is 3.42. The summed E-state index contributed by atoms with van der Waals surface area (Å²) in [6.45, 7) is 1.87. The zero-order chi connectivity index (χ0) is 9.84. The summed E-state index contributed by atoms with van der Waals surface area (Å²) in [4.78, 5) is 11.3. The Balaban J connectivity index is 2.95. The average Bonchev–Trinajstić information content (AvgIpc) is 2.04. The number of hydrogen-bond acceptors (Lipinski definition) is 2. The van der Waals surface area contributed by atoms with Gasteiger partial charge in [-0.25, -0.2) is 4.39 Å². The first-order valence-electron chi connectivity index (χ1n) is 4.17.